The monoisotopic (exact) mass is 430 g/mol. The molecule has 0 atom stereocenters. The average molecular weight is 431 g/mol. The van der Waals surface area contributed by atoms with Gasteiger partial charge < -0.3 is 9.80 Å². The number of nitrogens with zero attached hydrogens (tertiary/aromatic N) is 4. The van der Waals surface area contributed by atoms with E-state index in [-0.39, 0.29) is 11.7 Å². The van der Waals surface area contributed by atoms with Crippen molar-refractivity contribution in [3.8, 4) is 11.3 Å². The third-order valence-electron chi connectivity index (χ3n) is 4.84. The van der Waals surface area contributed by atoms with E-state index in [1.165, 1.54) is 24.3 Å². The van der Waals surface area contributed by atoms with Crippen molar-refractivity contribution in [2.75, 3.05) is 31.1 Å². The molecule has 0 unspecified atom stereocenters. The largest absolute Gasteiger partial charge is 0.352 e. The topological polar surface area (TPSA) is 49.3 Å². The lowest BCUT2D eigenvalue weighted by molar-refractivity contribution is 0.0746. The first kappa shape index (κ1) is 19.6. The number of piperazine rings is 1. The number of aromatic nitrogens is 2. The van der Waals surface area contributed by atoms with E-state index in [1.54, 1.807) is 17.0 Å². The summed E-state index contributed by atoms with van der Waals surface area (Å²) in [5.74, 6) is 0.296. The molecule has 1 fully saturated rings. The molecule has 0 spiro atoms. The molecule has 2 aromatic carbocycles. The van der Waals surface area contributed by atoms with Crippen LogP contribution in [-0.2, 0) is 0 Å². The lowest BCUT2D eigenvalue weighted by atomic mass is 10.1. The highest BCUT2D eigenvalue weighted by atomic mass is 35.5. The zero-order valence-corrected chi connectivity index (χ0v) is 16.9. The molecule has 1 amide bonds. The molecule has 0 N–H and O–H groups in total. The molecule has 2 heterocycles. The van der Waals surface area contributed by atoms with Gasteiger partial charge in [0.25, 0.3) is 5.91 Å². The lowest BCUT2D eigenvalue weighted by Crippen LogP contribution is -2.49. The molecular formula is C21H17Cl2FN4O. The minimum Gasteiger partial charge on any atom is -0.352 e. The van der Waals surface area contributed by atoms with Gasteiger partial charge in [-0.1, -0.05) is 23.2 Å². The van der Waals surface area contributed by atoms with Gasteiger partial charge in [-0.3, -0.25) is 4.79 Å². The Bertz CT molecular complexity index is 1020. The van der Waals surface area contributed by atoms with Gasteiger partial charge >= 0.3 is 0 Å². The zero-order valence-electron chi connectivity index (χ0n) is 15.4. The van der Waals surface area contributed by atoms with Crippen LogP contribution in [0.3, 0.4) is 0 Å². The van der Waals surface area contributed by atoms with Crippen molar-refractivity contribution in [3.63, 3.8) is 0 Å². The number of hydrogen-bond acceptors (Lipinski definition) is 4. The number of halogens is 3. The Morgan fingerprint density at radius 2 is 1.62 bits per heavy atom. The molecule has 0 bridgehead atoms. The summed E-state index contributed by atoms with van der Waals surface area (Å²) in [6.07, 6.45) is 0. The molecule has 0 radical (unpaired) electrons. The number of anilines is 1. The molecule has 1 aromatic heterocycles. The van der Waals surface area contributed by atoms with Crippen molar-refractivity contribution in [1.82, 2.24) is 15.1 Å². The van der Waals surface area contributed by atoms with Crippen molar-refractivity contribution < 1.29 is 9.18 Å². The van der Waals surface area contributed by atoms with Crippen molar-refractivity contribution in [2.24, 2.45) is 0 Å². The van der Waals surface area contributed by atoms with Crippen LogP contribution < -0.4 is 4.90 Å². The van der Waals surface area contributed by atoms with E-state index in [4.69, 9.17) is 23.2 Å². The van der Waals surface area contributed by atoms with Gasteiger partial charge in [-0.05, 0) is 54.6 Å². The van der Waals surface area contributed by atoms with Gasteiger partial charge in [0.15, 0.2) is 5.82 Å². The number of carbonyl (C=O) groups is 1. The average Bonchev–Trinajstić information content (AvgIpc) is 2.74. The Labute approximate surface area is 177 Å². The summed E-state index contributed by atoms with van der Waals surface area (Å²) in [4.78, 5) is 16.4. The summed E-state index contributed by atoms with van der Waals surface area (Å²) >= 11 is 12.2. The second-order valence-electron chi connectivity index (χ2n) is 6.69. The van der Waals surface area contributed by atoms with Gasteiger partial charge in [-0.25, -0.2) is 4.39 Å². The molecule has 1 aliphatic rings. The van der Waals surface area contributed by atoms with Gasteiger partial charge in [0.05, 0.1) is 10.7 Å². The van der Waals surface area contributed by atoms with E-state index in [1.807, 2.05) is 18.2 Å². The summed E-state index contributed by atoms with van der Waals surface area (Å²) in [5, 5.41) is 9.70. The highest BCUT2D eigenvalue weighted by Crippen LogP contribution is 2.29. The normalized spacial score (nSPS) is 14.2. The Hall–Kier alpha value is -2.70. The van der Waals surface area contributed by atoms with Gasteiger partial charge in [0.1, 0.15) is 5.82 Å². The number of hydrogen-bond donors (Lipinski definition) is 0. The van der Waals surface area contributed by atoms with Crippen LogP contribution >= 0.6 is 23.2 Å². The van der Waals surface area contributed by atoms with Gasteiger partial charge in [-0.15, -0.1) is 10.2 Å². The summed E-state index contributed by atoms with van der Waals surface area (Å²) in [7, 11) is 0. The molecule has 5 nitrogen and oxygen atoms in total. The predicted molar refractivity (Wildman–Crippen MR) is 112 cm³/mol. The number of rotatable bonds is 3. The number of amides is 1. The van der Waals surface area contributed by atoms with Crippen LogP contribution in [0.5, 0.6) is 0 Å². The Kier molecular flexibility index (Phi) is 5.65. The maximum Gasteiger partial charge on any atom is 0.253 e. The zero-order chi connectivity index (χ0) is 20.4. The summed E-state index contributed by atoms with van der Waals surface area (Å²) in [5.41, 5.74) is 1.93. The van der Waals surface area contributed by atoms with Gasteiger partial charge in [0, 0.05) is 42.3 Å². The molecular weight excluding hydrogens is 414 g/mol. The number of benzene rings is 2. The van der Waals surface area contributed by atoms with Crippen LogP contribution in [-0.4, -0.2) is 47.2 Å². The first-order valence-corrected chi connectivity index (χ1v) is 9.86. The van der Waals surface area contributed by atoms with E-state index in [2.05, 4.69) is 15.1 Å². The maximum absolute atomic E-state index is 13.1. The van der Waals surface area contributed by atoms with Crippen molar-refractivity contribution >= 4 is 34.9 Å². The Morgan fingerprint density at radius 3 is 2.24 bits per heavy atom. The van der Waals surface area contributed by atoms with Crippen molar-refractivity contribution in [1.29, 1.82) is 0 Å². The minimum absolute atomic E-state index is 0.0940. The predicted octanol–water partition coefficient (Wildman–Crippen LogP) is 4.55. The molecule has 3 aromatic rings. The van der Waals surface area contributed by atoms with E-state index < -0.39 is 0 Å². The van der Waals surface area contributed by atoms with Crippen LogP contribution in [0.25, 0.3) is 11.3 Å². The van der Waals surface area contributed by atoms with Crippen LogP contribution in [0.1, 0.15) is 10.4 Å². The van der Waals surface area contributed by atoms with Gasteiger partial charge in [-0.2, -0.15) is 0 Å². The third-order valence-corrected chi connectivity index (χ3v) is 5.39. The van der Waals surface area contributed by atoms with Crippen molar-refractivity contribution in [2.45, 2.75) is 0 Å². The SMILES string of the molecule is O=C(c1ccc(F)cc1)N1CCN(c2ccc(-c3ccc(Cl)cc3Cl)nn2)CC1. The fourth-order valence-corrected chi connectivity index (χ4v) is 3.75. The van der Waals surface area contributed by atoms with E-state index in [0.717, 1.165) is 11.4 Å². The molecule has 4 rings (SSSR count). The van der Waals surface area contributed by atoms with Crippen molar-refractivity contribution in [3.05, 3.63) is 76.0 Å². The third kappa shape index (κ3) is 4.33. The molecule has 8 heteroatoms. The van der Waals surface area contributed by atoms with Crippen LogP contribution in [0.15, 0.2) is 54.6 Å². The lowest BCUT2D eigenvalue weighted by Gasteiger charge is -2.35. The molecule has 1 saturated heterocycles. The minimum atomic E-state index is -0.353. The molecule has 0 saturated carbocycles. The van der Waals surface area contributed by atoms with Crippen LogP contribution in [0.2, 0.25) is 10.0 Å². The van der Waals surface area contributed by atoms with E-state index >= 15 is 0 Å². The van der Waals surface area contributed by atoms with E-state index in [0.29, 0.717) is 47.5 Å². The second-order valence-corrected chi connectivity index (χ2v) is 7.53. The Balaban J connectivity index is 1.41. The Morgan fingerprint density at radius 1 is 0.897 bits per heavy atom. The standard InChI is InChI=1S/C21H17Cl2FN4O/c22-15-3-6-17(18(23)13-15)19-7-8-20(26-25-19)27-9-11-28(12-10-27)21(29)14-1-4-16(24)5-2-14/h1-8,13H,9-12H2. The maximum atomic E-state index is 13.1. The fourth-order valence-electron chi connectivity index (χ4n) is 3.25. The van der Waals surface area contributed by atoms with Crippen LogP contribution in [0, 0.1) is 5.82 Å². The fraction of sp³-hybridized carbons (Fsp3) is 0.190. The van der Waals surface area contributed by atoms with Gasteiger partial charge in [0.2, 0.25) is 0 Å². The molecule has 148 valence electrons. The highest BCUT2D eigenvalue weighted by Gasteiger charge is 2.23. The summed E-state index contributed by atoms with van der Waals surface area (Å²) in [6.45, 7) is 2.40. The molecule has 29 heavy (non-hydrogen) atoms. The molecule has 0 aliphatic carbocycles. The second kappa shape index (κ2) is 8.35. The summed E-state index contributed by atoms with van der Waals surface area (Å²) < 4.78 is 13.1. The van der Waals surface area contributed by atoms with E-state index in [9.17, 15) is 9.18 Å². The smallest absolute Gasteiger partial charge is 0.253 e. The summed E-state index contributed by atoms with van der Waals surface area (Å²) in [6, 6.07) is 14.6. The van der Waals surface area contributed by atoms with Crippen LogP contribution in [0.4, 0.5) is 10.2 Å². The first-order valence-electron chi connectivity index (χ1n) is 9.10. The number of carbonyl (C=O) groups excluding carboxylic acids is 1. The quantitative estimate of drug-likeness (QED) is 0.611. The first-order chi connectivity index (χ1) is 14.0. The highest BCUT2D eigenvalue weighted by molar-refractivity contribution is 6.36. The molecule has 1 aliphatic heterocycles.